The van der Waals surface area contributed by atoms with Gasteiger partial charge in [0, 0.05) is 9.13 Å². The predicted octanol–water partition coefficient (Wildman–Crippen LogP) is 4.12. The molecule has 4 heteroatoms. The highest BCUT2D eigenvalue weighted by Gasteiger charge is 2.12. The van der Waals surface area contributed by atoms with E-state index in [9.17, 15) is 4.79 Å². The van der Waals surface area contributed by atoms with Crippen LogP contribution in [-0.4, -0.2) is 11.1 Å². The van der Waals surface area contributed by atoms with Gasteiger partial charge in [-0.2, -0.15) is 0 Å². The van der Waals surface area contributed by atoms with Crippen molar-refractivity contribution >= 4 is 28.6 Å². The van der Waals surface area contributed by atoms with Gasteiger partial charge in [0.15, 0.2) is 0 Å². The minimum atomic E-state index is -1.04. The molecule has 94 valence electrons. The van der Waals surface area contributed by atoms with E-state index in [-0.39, 0.29) is 5.76 Å². The maximum Gasteiger partial charge on any atom is 0.371 e. The van der Waals surface area contributed by atoms with Gasteiger partial charge in [-0.25, -0.2) is 4.79 Å². The number of benzene rings is 1. The summed E-state index contributed by atoms with van der Waals surface area (Å²) in [6.45, 7) is 4.15. The van der Waals surface area contributed by atoms with Crippen LogP contribution in [0.3, 0.4) is 0 Å². The van der Waals surface area contributed by atoms with Crippen LogP contribution in [0.2, 0.25) is 0 Å². The van der Waals surface area contributed by atoms with Crippen molar-refractivity contribution in [3.8, 4) is 11.3 Å². The maximum atomic E-state index is 10.8. The average molecular weight is 356 g/mol. The average Bonchev–Trinajstić information content (AvgIpc) is 2.82. The second kappa shape index (κ2) is 5.14. The van der Waals surface area contributed by atoms with E-state index >= 15 is 0 Å². The van der Waals surface area contributed by atoms with Crippen molar-refractivity contribution in [1.29, 1.82) is 0 Å². The Balaban J connectivity index is 2.50. The monoisotopic (exact) mass is 356 g/mol. The largest absolute Gasteiger partial charge is 0.475 e. The first-order chi connectivity index (χ1) is 8.52. The molecule has 2 rings (SSSR count). The lowest BCUT2D eigenvalue weighted by Gasteiger charge is -2.08. The molecule has 0 spiro atoms. The number of rotatable bonds is 3. The molecule has 0 atom stereocenters. The third kappa shape index (κ3) is 2.43. The maximum absolute atomic E-state index is 10.8. The van der Waals surface area contributed by atoms with Crippen LogP contribution in [0.5, 0.6) is 0 Å². The molecule has 0 aliphatic carbocycles. The van der Waals surface area contributed by atoms with Gasteiger partial charge in [0.2, 0.25) is 5.76 Å². The van der Waals surface area contributed by atoms with Crippen LogP contribution >= 0.6 is 22.6 Å². The summed E-state index contributed by atoms with van der Waals surface area (Å²) in [6.07, 6.45) is 0.944. The summed E-state index contributed by atoms with van der Waals surface area (Å²) in [5.41, 5.74) is 3.36. The molecule has 1 N–H and O–H groups in total. The van der Waals surface area contributed by atoms with E-state index in [0.717, 1.165) is 12.0 Å². The SMILES string of the molecule is CCc1cc(-c2ccc(C(=O)O)o2)cc(C)c1I. The van der Waals surface area contributed by atoms with E-state index in [1.807, 2.05) is 13.0 Å². The van der Waals surface area contributed by atoms with Crippen molar-refractivity contribution in [3.63, 3.8) is 0 Å². The van der Waals surface area contributed by atoms with Gasteiger partial charge in [-0.05, 0) is 71.3 Å². The summed E-state index contributed by atoms with van der Waals surface area (Å²) in [5.74, 6) is -0.472. The van der Waals surface area contributed by atoms with Crippen molar-refractivity contribution in [2.45, 2.75) is 20.3 Å². The Morgan fingerprint density at radius 3 is 2.67 bits per heavy atom. The van der Waals surface area contributed by atoms with Gasteiger partial charge in [-0.1, -0.05) is 6.92 Å². The van der Waals surface area contributed by atoms with Crippen molar-refractivity contribution in [2.24, 2.45) is 0 Å². The van der Waals surface area contributed by atoms with Crippen LogP contribution in [0.25, 0.3) is 11.3 Å². The number of halogens is 1. The van der Waals surface area contributed by atoms with Gasteiger partial charge >= 0.3 is 5.97 Å². The second-order valence-electron chi connectivity index (χ2n) is 4.09. The molecule has 18 heavy (non-hydrogen) atoms. The smallest absolute Gasteiger partial charge is 0.371 e. The number of carboxylic acid groups (broad SMARTS) is 1. The van der Waals surface area contributed by atoms with Crippen molar-refractivity contribution in [2.75, 3.05) is 0 Å². The molecule has 0 saturated carbocycles. The topological polar surface area (TPSA) is 50.4 Å². The van der Waals surface area contributed by atoms with Crippen LogP contribution < -0.4 is 0 Å². The van der Waals surface area contributed by atoms with Crippen LogP contribution in [0.4, 0.5) is 0 Å². The summed E-state index contributed by atoms with van der Waals surface area (Å²) in [7, 11) is 0. The molecule has 2 aromatic rings. The highest BCUT2D eigenvalue weighted by Crippen LogP contribution is 2.28. The second-order valence-corrected chi connectivity index (χ2v) is 5.17. The standard InChI is InChI=1S/C14H13IO3/c1-3-9-7-10(6-8(2)13(9)15)11-4-5-12(18-11)14(16)17/h4-7H,3H2,1-2H3,(H,16,17). The molecule has 3 nitrogen and oxygen atoms in total. The van der Waals surface area contributed by atoms with Crippen molar-refractivity contribution in [1.82, 2.24) is 0 Å². The fourth-order valence-corrected chi connectivity index (χ4v) is 2.54. The predicted molar refractivity (Wildman–Crippen MR) is 77.9 cm³/mol. The zero-order chi connectivity index (χ0) is 13.3. The van der Waals surface area contributed by atoms with E-state index in [1.54, 1.807) is 6.07 Å². The van der Waals surface area contributed by atoms with E-state index in [2.05, 4.69) is 35.6 Å². The molecule has 1 aromatic carbocycles. The number of aromatic carboxylic acids is 1. The lowest BCUT2D eigenvalue weighted by molar-refractivity contribution is 0.0663. The summed E-state index contributed by atoms with van der Waals surface area (Å²) >= 11 is 2.33. The molecular weight excluding hydrogens is 343 g/mol. The zero-order valence-electron chi connectivity index (χ0n) is 10.2. The lowest BCUT2D eigenvalue weighted by Crippen LogP contribution is -1.93. The van der Waals surface area contributed by atoms with E-state index in [1.165, 1.54) is 20.8 Å². The Morgan fingerprint density at radius 1 is 1.39 bits per heavy atom. The molecule has 0 amide bonds. The minimum absolute atomic E-state index is 0.0285. The third-order valence-corrected chi connectivity index (χ3v) is 4.36. The van der Waals surface area contributed by atoms with Crippen molar-refractivity contribution in [3.05, 3.63) is 44.7 Å². The quantitative estimate of drug-likeness (QED) is 0.842. The fraction of sp³-hybridized carbons (Fsp3) is 0.214. The van der Waals surface area contributed by atoms with Crippen LogP contribution in [0, 0.1) is 10.5 Å². The van der Waals surface area contributed by atoms with Gasteiger partial charge in [0.25, 0.3) is 0 Å². The first-order valence-electron chi connectivity index (χ1n) is 5.65. The number of hydrogen-bond donors (Lipinski definition) is 1. The Labute approximate surface area is 119 Å². The molecule has 0 aliphatic rings. The molecule has 0 aliphatic heterocycles. The van der Waals surface area contributed by atoms with E-state index < -0.39 is 5.97 Å². The molecule has 1 aromatic heterocycles. The first-order valence-corrected chi connectivity index (χ1v) is 6.73. The number of hydrogen-bond acceptors (Lipinski definition) is 2. The summed E-state index contributed by atoms with van der Waals surface area (Å²) in [4.78, 5) is 10.8. The van der Waals surface area contributed by atoms with Crippen LogP contribution in [0.15, 0.2) is 28.7 Å². The molecule has 0 bridgehead atoms. The molecule has 0 radical (unpaired) electrons. The van der Waals surface area contributed by atoms with Gasteiger partial charge < -0.3 is 9.52 Å². The van der Waals surface area contributed by atoms with Crippen LogP contribution in [-0.2, 0) is 6.42 Å². The number of aryl methyl sites for hydroxylation is 2. The zero-order valence-corrected chi connectivity index (χ0v) is 12.3. The molecule has 0 saturated heterocycles. The first kappa shape index (κ1) is 13.1. The number of carbonyl (C=O) groups is 1. The molecular formula is C14H13IO3. The molecule has 0 unspecified atom stereocenters. The Kier molecular flexibility index (Phi) is 3.75. The summed E-state index contributed by atoms with van der Waals surface area (Å²) < 4.78 is 6.58. The Bertz CT molecular complexity index is 599. The van der Waals surface area contributed by atoms with E-state index in [0.29, 0.717) is 5.76 Å². The summed E-state index contributed by atoms with van der Waals surface area (Å²) in [5, 5.41) is 8.85. The normalized spacial score (nSPS) is 10.6. The highest BCUT2D eigenvalue weighted by molar-refractivity contribution is 14.1. The van der Waals surface area contributed by atoms with Gasteiger partial charge in [-0.15, -0.1) is 0 Å². The van der Waals surface area contributed by atoms with Gasteiger partial charge in [0.05, 0.1) is 0 Å². The molecule has 0 fully saturated rings. The number of carboxylic acids is 1. The van der Waals surface area contributed by atoms with Crippen LogP contribution in [0.1, 0.15) is 28.6 Å². The van der Waals surface area contributed by atoms with Gasteiger partial charge in [-0.3, -0.25) is 0 Å². The lowest BCUT2D eigenvalue weighted by atomic mass is 10.0. The minimum Gasteiger partial charge on any atom is -0.475 e. The fourth-order valence-electron chi connectivity index (χ4n) is 1.85. The van der Waals surface area contributed by atoms with Gasteiger partial charge in [0.1, 0.15) is 5.76 Å². The Hall–Kier alpha value is -1.30. The van der Waals surface area contributed by atoms with Crippen molar-refractivity contribution < 1.29 is 14.3 Å². The number of furan rings is 1. The third-order valence-electron chi connectivity index (χ3n) is 2.81. The summed E-state index contributed by atoms with van der Waals surface area (Å²) in [6, 6.07) is 7.26. The highest BCUT2D eigenvalue weighted by atomic mass is 127. The molecule has 1 heterocycles. The van der Waals surface area contributed by atoms with E-state index in [4.69, 9.17) is 9.52 Å². The Morgan fingerprint density at radius 2 is 2.11 bits per heavy atom.